The van der Waals surface area contributed by atoms with Crippen LogP contribution < -0.4 is 5.32 Å². The van der Waals surface area contributed by atoms with Crippen LogP contribution in [-0.2, 0) is 26.6 Å². The van der Waals surface area contributed by atoms with E-state index in [1.54, 1.807) is 6.07 Å². The second kappa shape index (κ2) is 12.3. The Balaban J connectivity index is 1.18. The van der Waals surface area contributed by atoms with Gasteiger partial charge in [-0.05, 0) is 80.7 Å². The van der Waals surface area contributed by atoms with E-state index in [0.717, 1.165) is 65.3 Å². The van der Waals surface area contributed by atoms with Crippen LogP contribution in [-0.4, -0.2) is 56.4 Å². The zero-order valence-corrected chi connectivity index (χ0v) is 28.1. The van der Waals surface area contributed by atoms with Crippen LogP contribution in [0.2, 0.25) is 5.02 Å². The molecule has 0 radical (unpaired) electrons. The number of benzene rings is 3. The molecule has 47 heavy (non-hydrogen) atoms. The predicted octanol–water partition coefficient (Wildman–Crippen LogP) is 7.20. The summed E-state index contributed by atoms with van der Waals surface area (Å²) >= 11 is 7.00. The van der Waals surface area contributed by atoms with E-state index < -0.39 is 0 Å². The number of nitriles is 1. The molecule has 1 fully saturated rings. The zero-order valence-electron chi connectivity index (χ0n) is 27.4. The Bertz CT molecular complexity index is 2070. The van der Waals surface area contributed by atoms with Crippen molar-refractivity contribution in [2.24, 2.45) is 13.0 Å². The normalized spacial score (nSPS) is 18.4. The Labute approximate surface area is 279 Å². The third-order valence-electron chi connectivity index (χ3n) is 9.83. The van der Waals surface area contributed by atoms with Gasteiger partial charge in [0.25, 0.3) is 5.91 Å². The van der Waals surface area contributed by atoms with E-state index in [4.69, 9.17) is 26.0 Å². The molecule has 1 amide bonds. The number of halogens is 1. The second-order valence-electron chi connectivity index (χ2n) is 13.2. The number of nitrogens with zero attached hydrogens (tertiary/aromatic N) is 6. The molecule has 10 heteroatoms. The molecule has 4 heterocycles. The average molecular weight is 648 g/mol. The van der Waals surface area contributed by atoms with Crippen molar-refractivity contribution in [1.82, 2.24) is 24.3 Å². The van der Waals surface area contributed by atoms with Gasteiger partial charge >= 0.3 is 0 Å². The maximum absolute atomic E-state index is 13.5. The second-order valence-corrected chi connectivity index (χ2v) is 13.6. The van der Waals surface area contributed by atoms with E-state index in [0.29, 0.717) is 57.6 Å². The summed E-state index contributed by atoms with van der Waals surface area (Å²) < 4.78 is 8.15. The number of carbonyl (C=O) groups is 1. The molecular weight excluding hydrogens is 610 g/mol. The highest BCUT2D eigenvalue weighted by atomic mass is 35.5. The lowest BCUT2D eigenvalue weighted by Crippen LogP contribution is -2.35. The SMILES string of the molecule is Cc1c(-c2nc3cc(CN4CC[C@H](C)C4)cc(C#N)c3o2)cccc1-c1cccc(NC(=O)c2nc3c(n2C)CC(C)N(C)C3)c1Cl. The van der Waals surface area contributed by atoms with Gasteiger partial charge in [-0.1, -0.05) is 42.8 Å². The van der Waals surface area contributed by atoms with Crippen LogP contribution in [0.4, 0.5) is 5.69 Å². The standard InChI is InChI=1S/C37H38ClN7O2/c1-21-12-13-45(18-21)19-24-15-25(17-39)34-30(16-24)42-37(47-34)27-9-6-8-26(23(27)3)28-10-7-11-29(33(28)38)41-36(46)35-40-31-20-43(4)22(2)14-32(31)44(35)5/h6-11,15-16,21-22H,12-14,18-20H2,1-5H3,(H,41,46)/t21-,22?/m0/s1. The quantitative estimate of drug-likeness (QED) is 0.208. The van der Waals surface area contributed by atoms with Crippen molar-refractivity contribution >= 4 is 34.3 Å². The van der Waals surface area contributed by atoms with Gasteiger partial charge in [-0.15, -0.1) is 0 Å². The van der Waals surface area contributed by atoms with Gasteiger partial charge in [0.05, 0.1) is 22.0 Å². The lowest BCUT2D eigenvalue weighted by molar-refractivity contribution is 0.101. The molecule has 1 N–H and O–H groups in total. The van der Waals surface area contributed by atoms with E-state index in [1.165, 1.54) is 6.42 Å². The average Bonchev–Trinajstić information content (AvgIpc) is 3.75. The van der Waals surface area contributed by atoms with Crippen LogP contribution in [0.25, 0.3) is 33.7 Å². The van der Waals surface area contributed by atoms with E-state index in [2.05, 4.69) is 42.1 Å². The zero-order chi connectivity index (χ0) is 33.0. The van der Waals surface area contributed by atoms with Crippen LogP contribution in [0.15, 0.2) is 52.9 Å². The van der Waals surface area contributed by atoms with Crippen molar-refractivity contribution in [3.8, 4) is 28.7 Å². The number of rotatable bonds is 6. The summed E-state index contributed by atoms with van der Waals surface area (Å²) in [5.74, 6) is 1.19. The molecular formula is C37H38ClN7O2. The largest absolute Gasteiger partial charge is 0.435 e. The molecule has 2 atom stereocenters. The highest BCUT2D eigenvalue weighted by Gasteiger charge is 2.28. The molecule has 2 aromatic heterocycles. The van der Waals surface area contributed by atoms with Crippen molar-refractivity contribution in [3.05, 3.63) is 87.5 Å². The summed E-state index contributed by atoms with van der Waals surface area (Å²) in [4.78, 5) is 27.7. The van der Waals surface area contributed by atoms with Crippen molar-refractivity contribution in [3.63, 3.8) is 0 Å². The summed E-state index contributed by atoms with van der Waals surface area (Å²) in [6.45, 7) is 10.1. The summed E-state index contributed by atoms with van der Waals surface area (Å²) in [7, 11) is 3.97. The van der Waals surface area contributed by atoms with Crippen molar-refractivity contribution in [2.45, 2.75) is 52.7 Å². The molecule has 1 saturated heterocycles. The third kappa shape index (κ3) is 5.71. The minimum absolute atomic E-state index is 0.305. The minimum Gasteiger partial charge on any atom is -0.435 e. The summed E-state index contributed by atoms with van der Waals surface area (Å²) in [5.41, 5.74) is 8.63. The smallest absolute Gasteiger partial charge is 0.291 e. The van der Waals surface area contributed by atoms with Crippen molar-refractivity contribution in [1.29, 1.82) is 5.26 Å². The van der Waals surface area contributed by atoms with Crippen LogP contribution in [0.3, 0.4) is 0 Å². The fourth-order valence-electron chi connectivity index (χ4n) is 6.98. The number of imidazole rings is 1. The fraction of sp³-hybridized carbons (Fsp3) is 0.351. The van der Waals surface area contributed by atoms with Gasteiger partial charge in [0.1, 0.15) is 11.6 Å². The highest BCUT2D eigenvalue weighted by Crippen LogP contribution is 2.39. The monoisotopic (exact) mass is 647 g/mol. The first kappa shape index (κ1) is 31.1. The molecule has 0 aliphatic carbocycles. The molecule has 2 aliphatic rings. The number of likely N-dealkylation sites (N-methyl/N-ethyl adjacent to an activating group) is 1. The van der Waals surface area contributed by atoms with Crippen LogP contribution in [0.1, 0.15) is 59.0 Å². The summed E-state index contributed by atoms with van der Waals surface area (Å²) in [6.07, 6.45) is 2.03. The third-order valence-corrected chi connectivity index (χ3v) is 10.2. The Morgan fingerprint density at radius 3 is 2.64 bits per heavy atom. The first-order chi connectivity index (χ1) is 22.6. The molecule has 0 spiro atoms. The van der Waals surface area contributed by atoms with Crippen LogP contribution >= 0.6 is 11.6 Å². The number of hydrogen-bond donors (Lipinski definition) is 1. The Morgan fingerprint density at radius 2 is 1.87 bits per heavy atom. The van der Waals surface area contributed by atoms with Gasteiger partial charge in [-0.3, -0.25) is 14.6 Å². The number of hydrogen-bond acceptors (Lipinski definition) is 7. The summed E-state index contributed by atoms with van der Waals surface area (Å²) in [6, 6.07) is 18.2. The van der Waals surface area contributed by atoms with Gasteiger partial charge < -0.3 is 14.3 Å². The molecule has 0 bridgehead atoms. The molecule has 1 unspecified atom stereocenters. The minimum atomic E-state index is -0.305. The van der Waals surface area contributed by atoms with Gasteiger partial charge in [-0.2, -0.15) is 5.26 Å². The number of amides is 1. The van der Waals surface area contributed by atoms with Crippen molar-refractivity contribution < 1.29 is 9.21 Å². The molecule has 9 nitrogen and oxygen atoms in total. The Hall–Kier alpha value is -4.49. The van der Waals surface area contributed by atoms with Gasteiger partial charge in [0, 0.05) is 56.0 Å². The highest BCUT2D eigenvalue weighted by molar-refractivity contribution is 6.36. The predicted molar refractivity (Wildman–Crippen MR) is 184 cm³/mol. The first-order valence-electron chi connectivity index (χ1n) is 16.1. The molecule has 240 valence electrons. The van der Waals surface area contributed by atoms with Gasteiger partial charge in [-0.25, -0.2) is 9.97 Å². The topological polar surface area (TPSA) is 103 Å². The number of aromatic nitrogens is 3. The van der Waals surface area contributed by atoms with E-state index >= 15 is 0 Å². The molecule has 5 aromatic rings. The summed E-state index contributed by atoms with van der Waals surface area (Å²) in [5, 5.41) is 13.4. The Kier molecular flexibility index (Phi) is 8.13. The molecule has 3 aromatic carbocycles. The van der Waals surface area contributed by atoms with E-state index in [1.807, 2.05) is 61.0 Å². The lowest BCUT2D eigenvalue weighted by atomic mass is 9.96. The van der Waals surface area contributed by atoms with Gasteiger partial charge in [0.15, 0.2) is 11.4 Å². The fourth-order valence-corrected chi connectivity index (χ4v) is 7.26. The number of likely N-dealkylation sites (tertiary alicyclic amines) is 1. The number of anilines is 1. The lowest BCUT2D eigenvalue weighted by Gasteiger charge is -2.29. The number of oxazole rings is 1. The van der Waals surface area contributed by atoms with Crippen LogP contribution in [0.5, 0.6) is 0 Å². The molecule has 0 saturated carbocycles. The van der Waals surface area contributed by atoms with Gasteiger partial charge in [0.2, 0.25) is 5.89 Å². The number of nitrogens with one attached hydrogen (secondary N) is 1. The number of carbonyl (C=O) groups excluding carboxylic acids is 1. The van der Waals surface area contributed by atoms with E-state index in [-0.39, 0.29) is 5.91 Å². The maximum Gasteiger partial charge on any atom is 0.291 e. The van der Waals surface area contributed by atoms with Crippen molar-refractivity contribution in [2.75, 3.05) is 25.5 Å². The number of fused-ring (bicyclic) bond motifs is 2. The molecule has 2 aliphatic heterocycles. The maximum atomic E-state index is 13.5. The first-order valence-corrected chi connectivity index (χ1v) is 16.5. The molecule has 7 rings (SSSR count). The van der Waals surface area contributed by atoms with Crippen LogP contribution in [0, 0.1) is 24.2 Å². The Morgan fingerprint density at radius 1 is 1.11 bits per heavy atom. The van der Waals surface area contributed by atoms with E-state index in [9.17, 15) is 10.1 Å².